The Balaban J connectivity index is 2.04. The summed E-state index contributed by atoms with van der Waals surface area (Å²) < 4.78 is 0. The van der Waals surface area contributed by atoms with E-state index in [0.717, 1.165) is 37.3 Å². The van der Waals surface area contributed by atoms with Gasteiger partial charge in [0.2, 0.25) is 11.2 Å². The van der Waals surface area contributed by atoms with Gasteiger partial charge in [0.15, 0.2) is 0 Å². The second-order valence-corrected chi connectivity index (χ2v) is 5.23. The second kappa shape index (κ2) is 6.85. The molecular weight excluding hydrogens is 280 g/mol. The van der Waals surface area contributed by atoms with Crippen LogP contribution in [0.25, 0.3) is 0 Å². The summed E-state index contributed by atoms with van der Waals surface area (Å²) in [4.78, 5) is 21.7. The molecule has 0 spiro atoms. The lowest BCUT2D eigenvalue weighted by Gasteiger charge is -2.18. The van der Waals surface area contributed by atoms with E-state index in [0.29, 0.717) is 6.54 Å². The number of aromatic nitrogens is 2. The average Bonchev–Trinajstić information content (AvgIpc) is 2.87. The fourth-order valence-electron chi connectivity index (χ4n) is 2.36. The Bertz CT molecular complexity index is 483. The smallest absolute Gasteiger partial charge is 0.245 e. The van der Waals surface area contributed by atoms with Crippen molar-refractivity contribution < 1.29 is 9.90 Å². The van der Waals surface area contributed by atoms with E-state index in [9.17, 15) is 4.79 Å². The van der Waals surface area contributed by atoms with Gasteiger partial charge in [-0.05, 0) is 24.4 Å². The number of aliphatic hydroxyl groups excluding tert-OH is 1. The SMILES string of the molecule is CCCc1cc(N2CCC(NC(=O)CO)C2)nc(Cl)n1. The van der Waals surface area contributed by atoms with Crippen molar-refractivity contribution >= 4 is 23.3 Å². The Kier molecular flexibility index (Phi) is 5.14. The van der Waals surface area contributed by atoms with Crippen LogP contribution in [0.4, 0.5) is 5.82 Å². The first-order valence-corrected chi connectivity index (χ1v) is 7.18. The van der Waals surface area contributed by atoms with Crippen molar-refractivity contribution in [2.75, 3.05) is 24.6 Å². The first-order chi connectivity index (χ1) is 9.62. The number of carbonyl (C=O) groups excluding carboxylic acids is 1. The molecule has 1 aromatic heterocycles. The van der Waals surface area contributed by atoms with Crippen LogP contribution < -0.4 is 10.2 Å². The third-order valence-corrected chi connectivity index (χ3v) is 3.43. The number of amides is 1. The minimum absolute atomic E-state index is 0.0398. The third kappa shape index (κ3) is 3.80. The summed E-state index contributed by atoms with van der Waals surface area (Å²) in [6.45, 7) is 3.09. The first kappa shape index (κ1) is 15.0. The molecular formula is C13H19ClN4O2. The Morgan fingerprint density at radius 3 is 3.10 bits per heavy atom. The van der Waals surface area contributed by atoms with Gasteiger partial charge in [0.25, 0.3) is 0 Å². The van der Waals surface area contributed by atoms with E-state index in [-0.39, 0.29) is 17.2 Å². The molecule has 6 nitrogen and oxygen atoms in total. The Hall–Kier alpha value is -1.40. The fraction of sp³-hybridized carbons (Fsp3) is 0.615. The van der Waals surface area contributed by atoms with Crippen molar-refractivity contribution in [3.63, 3.8) is 0 Å². The maximum Gasteiger partial charge on any atom is 0.245 e. The van der Waals surface area contributed by atoms with Gasteiger partial charge in [-0.3, -0.25) is 4.79 Å². The summed E-state index contributed by atoms with van der Waals surface area (Å²) >= 11 is 5.96. The quantitative estimate of drug-likeness (QED) is 0.785. The molecule has 7 heteroatoms. The van der Waals surface area contributed by atoms with Crippen LogP contribution in [0.5, 0.6) is 0 Å². The van der Waals surface area contributed by atoms with E-state index in [1.165, 1.54) is 0 Å². The molecule has 1 aromatic rings. The molecule has 20 heavy (non-hydrogen) atoms. The topological polar surface area (TPSA) is 78.4 Å². The number of hydrogen-bond acceptors (Lipinski definition) is 5. The molecule has 1 unspecified atom stereocenters. The number of carbonyl (C=O) groups is 1. The van der Waals surface area contributed by atoms with Crippen LogP contribution in [0.3, 0.4) is 0 Å². The first-order valence-electron chi connectivity index (χ1n) is 6.81. The number of nitrogens with one attached hydrogen (secondary N) is 1. The zero-order valence-corrected chi connectivity index (χ0v) is 12.2. The molecule has 0 radical (unpaired) electrons. The molecule has 1 saturated heterocycles. The zero-order valence-electron chi connectivity index (χ0n) is 11.5. The Morgan fingerprint density at radius 2 is 2.40 bits per heavy atom. The summed E-state index contributed by atoms with van der Waals surface area (Å²) in [5, 5.41) is 11.8. The number of rotatable bonds is 5. The molecule has 1 amide bonds. The minimum atomic E-state index is -0.476. The van der Waals surface area contributed by atoms with E-state index < -0.39 is 6.61 Å². The molecule has 0 aromatic carbocycles. The fourth-order valence-corrected chi connectivity index (χ4v) is 2.55. The molecule has 110 valence electrons. The average molecular weight is 299 g/mol. The van der Waals surface area contributed by atoms with E-state index >= 15 is 0 Å². The van der Waals surface area contributed by atoms with Gasteiger partial charge in [-0.1, -0.05) is 13.3 Å². The van der Waals surface area contributed by atoms with Gasteiger partial charge in [0.1, 0.15) is 12.4 Å². The number of aliphatic hydroxyl groups is 1. The minimum Gasteiger partial charge on any atom is -0.387 e. The molecule has 1 atom stereocenters. The molecule has 0 aliphatic carbocycles. The highest BCUT2D eigenvalue weighted by atomic mass is 35.5. The van der Waals surface area contributed by atoms with Gasteiger partial charge in [-0.2, -0.15) is 0 Å². The van der Waals surface area contributed by atoms with Gasteiger partial charge in [0.05, 0.1) is 0 Å². The van der Waals surface area contributed by atoms with Crippen molar-refractivity contribution in [2.24, 2.45) is 0 Å². The molecule has 2 heterocycles. The van der Waals surface area contributed by atoms with E-state index in [1.807, 2.05) is 6.07 Å². The van der Waals surface area contributed by atoms with Crippen LogP contribution in [0.15, 0.2) is 6.07 Å². The number of aryl methyl sites for hydroxylation is 1. The lowest BCUT2D eigenvalue weighted by atomic mass is 10.2. The van der Waals surface area contributed by atoms with Crippen LogP contribution >= 0.6 is 11.6 Å². The van der Waals surface area contributed by atoms with Crippen molar-refractivity contribution in [2.45, 2.75) is 32.2 Å². The highest BCUT2D eigenvalue weighted by Crippen LogP contribution is 2.21. The van der Waals surface area contributed by atoms with Crippen LogP contribution in [0, 0.1) is 0 Å². The third-order valence-electron chi connectivity index (χ3n) is 3.27. The maximum atomic E-state index is 11.2. The standard InChI is InChI=1S/C13H19ClN4O2/c1-2-3-9-6-11(17-13(14)16-9)18-5-4-10(7-18)15-12(20)8-19/h6,10,19H,2-5,7-8H2,1H3,(H,15,20). The summed E-state index contributed by atoms with van der Waals surface area (Å²) in [6.07, 6.45) is 2.70. The van der Waals surface area contributed by atoms with E-state index in [1.54, 1.807) is 0 Å². The Labute approximate surface area is 123 Å². The predicted molar refractivity (Wildman–Crippen MR) is 76.9 cm³/mol. The lowest BCUT2D eigenvalue weighted by molar-refractivity contribution is -0.124. The molecule has 1 aliphatic heterocycles. The molecule has 2 N–H and O–H groups in total. The summed E-state index contributed by atoms with van der Waals surface area (Å²) in [5.41, 5.74) is 0.936. The van der Waals surface area contributed by atoms with Crippen LogP contribution in [0.2, 0.25) is 5.28 Å². The van der Waals surface area contributed by atoms with Gasteiger partial charge in [-0.15, -0.1) is 0 Å². The molecule has 1 aliphatic rings. The highest BCUT2D eigenvalue weighted by molar-refractivity contribution is 6.28. The van der Waals surface area contributed by atoms with Gasteiger partial charge >= 0.3 is 0 Å². The molecule has 0 saturated carbocycles. The largest absolute Gasteiger partial charge is 0.387 e. The van der Waals surface area contributed by atoms with Crippen molar-refractivity contribution in [1.29, 1.82) is 0 Å². The van der Waals surface area contributed by atoms with Gasteiger partial charge in [0, 0.05) is 30.9 Å². The molecule has 1 fully saturated rings. The Morgan fingerprint density at radius 1 is 1.60 bits per heavy atom. The summed E-state index contributed by atoms with van der Waals surface area (Å²) in [7, 11) is 0. The van der Waals surface area contributed by atoms with Crippen molar-refractivity contribution in [1.82, 2.24) is 15.3 Å². The van der Waals surface area contributed by atoms with Crippen LogP contribution in [0.1, 0.15) is 25.5 Å². The van der Waals surface area contributed by atoms with Gasteiger partial charge < -0.3 is 15.3 Å². The number of anilines is 1. The van der Waals surface area contributed by atoms with Crippen molar-refractivity contribution in [3.05, 3.63) is 17.0 Å². The number of nitrogens with zero attached hydrogens (tertiary/aromatic N) is 3. The predicted octanol–water partition coefficient (Wildman–Crippen LogP) is 0.770. The normalized spacial score (nSPS) is 18.4. The maximum absolute atomic E-state index is 11.2. The van der Waals surface area contributed by atoms with E-state index in [2.05, 4.69) is 27.1 Å². The molecule has 0 bridgehead atoms. The van der Waals surface area contributed by atoms with Gasteiger partial charge in [-0.25, -0.2) is 9.97 Å². The van der Waals surface area contributed by atoms with E-state index in [4.69, 9.17) is 16.7 Å². The summed E-state index contributed by atoms with van der Waals surface area (Å²) in [5.74, 6) is 0.457. The van der Waals surface area contributed by atoms with Crippen LogP contribution in [-0.4, -0.2) is 46.7 Å². The monoisotopic (exact) mass is 298 g/mol. The van der Waals surface area contributed by atoms with Crippen LogP contribution in [-0.2, 0) is 11.2 Å². The highest BCUT2D eigenvalue weighted by Gasteiger charge is 2.25. The summed E-state index contributed by atoms with van der Waals surface area (Å²) in [6, 6.07) is 1.99. The van der Waals surface area contributed by atoms with Crippen molar-refractivity contribution in [3.8, 4) is 0 Å². The number of halogens is 1. The second-order valence-electron chi connectivity index (χ2n) is 4.89. The lowest BCUT2D eigenvalue weighted by Crippen LogP contribution is -2.38. The number of hydrogen-bond donors (Lipinski definition) is 2. The zero-order chi connectivity index (χ0) is 14.5. The molecule has 2 rings (SSSR count).